The van der Waals surface area contributed by atoms with Crippen LogP contribution in [0.25, 0.3) is 0 Å². The van der Waals surface area contributed by atoms with Crippen LogP contribution in [0.5, 0.6) is 5.75 Å². The molecule has 1 unspecified atom stereocenters. The van der Waals surface area contributed by atoms with Crippen molar-refractivity contribution in [2.75, 3.05) is 0 Å². The molecule has 3 aliphatic rings. The van der Waals surface area contributed by atoms with Gasteiger partial charge in [0.2, 0.25) is 5.82 Å². The van der Waals surface area contributed by atoms with E-state index in [1.165, 1.54) is 38.5 Å². The van der Waals surface area contributed by atoms with Crippen LogP contribution in [0.1, 0.15) is 124 Å². The SMILES string of the molecule is CCCC1CCC(CCC2CCc3c(F)c(C4CCC(c5ccc(OC(F)(F)F)c(F)c5F)CC4)c(F)c(F)c3C2)CC1. The van der Waals surface area contributed by atoms with Gasteiger partial charge in [-0.1, -0.05) is 57.9 Å². The third-order valence-electron chi connectivity index (χ3n) is 10.4. The maximum atomic E-state index is 15.8. The second kappa shape index (κ2) is 13.4. The van der Waals surface area contributed by atoms with Gasteiger partial charge in [0.15, 0.2) is 23.2 Å². The third kappa shape index (κ3) is 7.16. The summed E-state index contributed by atoms with van der Waals surface area (Å²) in [5.74, 6) is -6.68. The Balaban J connectivity index is 1.22. The minimum absolute atomic E-state index is 0.108. The molecule has 0 aromatic heterocycles. The molecule has 3 aliphatic carbocycles. The number of halogens is 8. The lowest BCUT2D eigenvalue weighted by Crippen LogP contribution is -2.23. The molecule has 9 heteroatoms. The second-order valence-electron chi connectivity index (χ2n) is 13.1. The van der Waals surface area contributed by atoms with E-state index in [4.69, 9.17) is 0 Å². The van der Waals surface area contributed by atoms with E-state index < -0.39 is 53.0 Å². The van der Waals surface area contributed by atoms with E-state index in [9.17, 15) is 22.0 Å². The predicted molar refractivity (Wildman–Crippen MR) is 148 cm³/mol. The molecule has 0 spiro atoms. The van der Waals surface area contributed by atoms with Crippen molar-refractivity contribution in [1.29, 1.82) is 0 Å². The van der Waals surface area contributed by atoms with Crippen LogP contribution in [0, 0.1) is 46.8 Å². The van der Waals surface area contributed by atoms with Gasteiger partial charge in [0.25, 0.3) is 0 Å². The van der Waals surface area contributed by atoms with Crippen LogP contribution in [0.15, 0.2) is 12.1 Å². The molecule has 43 heavy (non-hydrogen) atoms. The molecule has 2 saturated carbocycles. The molecule has 1 nitrogen and oxygen atoms in total. The molecule has 2 aromatic carbocycles. The van der Waals surface area contributed by atoms with Gasteiger partial charge in [-0.2, -0.15) is 4.39 Å². The van der Waals surface area contributed by atoms with Crippen molar-refractivity contribution < 1.29 is 39.9 Å². The Labute approximate surface area is 248 Å². The first kappa shape index (κ1) is 32.1. The first-order valence-electron chi connectivity index (χ1n) is 15.9. The fraction of sp³-hybridized carbons (Fsp3) is 0.647. The Morgan fingerprint density at radius 2 is 1.23 bits per heavy atom. The summed E-state index contributed by atoms with van der Waals surface area (Å²) < 4.78 is 116. The van der Waals surface area contributed by atoms with Crippen LogP contribution in [0.3, 0.4) is 0 Å². The van der Waals surface area contributed by atoms with Gasteiger partial charge in [-0.25, -0.2) is 17.6 Å². The first-order chi connectivity index (χ1) is 20.5. The monoisotopic (exact) mass is 616 g/mol. The maximum absolute atomic E-state index is 15.8. The van der Waals surface area contributed by atoms with Crippen molar-refractivity contribution >= 4 is 0 Å². The van der Waals surface area contributed by atoms with E-state index in [2.05, 4.69) is 11.7 Å². The van der Waals surface area contributed by atoms with Gasteiger partial charge in [-0.15, -0.1) is 13.2 Å². The molecule has 2 aromatic rings. The lowest BCUT2D eigenvalue weighted by molar-refractivity contribution is -0.275. The highest BCUT2D eigenvalue weighted by molar-refractivity contribution is 5.41. The summed E-state index contributed by atoms with van der Waals surface area (Å²) in [4.78, 5) is 0. The molecule has 0 aliphatic heterocycles. The molecule has 238 valence electrons. The van der Waals surface area contributed by atoms with Gasteiger partial charge >= 0.3 is 6.36 Å². The maximum Gasteiger partial charge on any atom is 0.573 e. The molecule has 2 fully saturated rings. The van der Waals surface area contributed by atoms with Gasteiger partial charge in [-0.05, 0) is 104 Å². The van der Waals surface area contributed by atoms with Crippen molar-refractivity contribution in [1.82, 2.24) is 0 Å². The largest absolute Gasteiger partial charge is 0.573 e. The van der Waals surface area contributed by atoms with Crippen LogP contribution in [-0.2, 0) is 12.8 Å². The normalized spacial score (nSPS) is 26.3. The van der Waals surface area contributed by atoms with Gasteiger partial charge in [0.1, 0.15) is 5.82 Å². The van der Waals surface area contributed by atoms with E-state index in [0.29, 0.717) is 18.8 Å². The van der Waals surface area contributed by atoms with Gasteiger partial charge in [-0.3, -0.25) is 0 Å². The lowest BCUT2D eigenvalue weighted by Gasteiger charge is -2.33. The second-order valence-corrected chi connectivity index (χ2v) is 13.1. The molecule has 0 radical (unpaired) electrons. The molecule has 1 atom stereocenters. The van der Waals surface area contributed by atoms with E-state index >= 15 is 13.2 Å². The number of alkyl halides is 3. The average molecular weight is 617 g/mol. The number of rotatable bonds is 8. The predicted octanol–water partition coefficient (Wildman–Crippen LogP) is 11.2. The Bertz CT molecular complexity index is 1270. The molecular weight excluding hydrogens is 576 g/mol. The van der Waals surface area contributed by atoms with Crippen molar-refractivity contribution in [3.05, 3.63) is 63.5 Å². The van der Waals surface area contributed by atoms with Crippen LogP contribution in [-0.4, -0.2) is 6.36 Å². The highest BCUT2D eigenvalue weighted by Gasteiger charge is 2.37. The first-order valence-corrected chi connectivity index (χ1v) is 15.9. The third-order valence-corrected chi connectivity index (χ3v) is 10.4. The molecule has 5 rings (SSSR count). The van der Waals surface area contributed by atoms with E-state index in [-0.39, 0.29) is 53.9 Å². The number of fused-ring (bicyclic) bond motifs is 1. The van der Waals surface area contributed by atoms with Gasteiger partial charge in [0, 0.05) is 5.56 Å². The van der Waals surface area contributed by atoms with Gasteiger partial charge in [0.05, 0.1) is 0 Å². The zero-order valence-electron chi connectivity index (χ0n) is 24.6. The molecule has 0 bridgehead atoms. The fourth-order valence-corrected chi connectivity index (χ4v) is 8.04. The smallest absolute Gasteiger partial charge is 0.403 e. The molecule has 0 heterocycles. The summed E-state index contributed by atoms with van der Waals surface area (Å²) in [5, 5.41) is 0. The van der Waals surface area contributed by atoms with E-state index in [0.717, 1.165) is 37.3 Å². The molecule has 0 saturated heterocycles. The number of hydrogen-bond donors (Lipinski definition) is 0. The number of ether oxygens (including phenoxy) is 1. The summed E-state index contributed by atoms with van der Waals surface area (Å²) >= 11 is 0. The number of benzene rings is 2. The number of hydrogen-bond acceptors (Lipinski definition) is 1. The lowest BCUT2D eigenvalue weighted by atomic mass is 9.73. The van der Waals surface area contributed by atoms with E-state index in [1.807, 2.05) is 0 Å². The Morgan fingerprint density at radius 1 is 0.628 bits per heavy atom. The minimum atomic E-state index is -5.17. The van der Waals surface area contributed by atoms with E-state index in [1.54, 1.807) is 0 Å². The summed E-state index contributed by atoms with van der Waals surface area (Å²) in [6.07, 6.45) is 6.70. The summed E-state index contributed by atoms with van der Waals surface area (Å²) in [6.45, 7) is 2.23. The summed E-state index contributed by atoms with van der Waals surface area (Å²) in [5.41, 5.74) is 0.0513. The molecular formula is C34H40F8O. The van der Waals surface area contributed by atoms with Crippen LogP contribution in [0.2, 0.25) is 0 Å². The van der Waals surface area contributed by atoms with Crippen molar-refractivity contribution in [3.8, 4) is 5.75 Å². The zero-order chi connectivity index (χ0) is 30.9. The van der Waals surface area contributed by atoms with Crippen molar-refractivity contribution in [2.45, 2.75) is 121 Å². The average Bonchev–Trinajstić information content (AvgIpc) is 2.98. The highest BCUT2D eigenvalue weighted by Crippen LogP contribution is 2.46. The topological polar surface area (TPSA) is 9.23 Å². The van der Waals surface area contributed by atoms with Crippen LogP contribution >= 0.6 is 0 Å². The highest BCUT2D eigenvalue weighted by atomic mass is 19.4. The van der Waals surface area contributed by atoms with Crippen molar-refractivity contribution in [3.63, 3.8) is 0 Å². The molecule has 0 N–H and O–H groups in total. The quantitative estimate of drug-likeness (QED) is 0.212. The standard InChI is InChI=1S/C34H40F8O/c1-2-3-19-4-6-20(7-5-19)8-9-21-10-15-25-26(18-21)31(37)33(39)28(29(25)35)23-13-11-22(12-14-23)24-16-17-27(32(38)30(24)36)43-34(40,41)42/h16-17,19-23H,2-15,18H2,1H3. The van der Waals surface area contributed by atoms with Gasteiger partial charge < -0.3 is 4.74 Å². The molecule has 0 amide bonds. The van der Waals surface area contributed by atoms with Crippen LogP contribution < -0.4 is 4.74 Å². The fourth-order valence-electron chi connectivity index (χ4n) is 8.04. The Morgan fingerprint density at radius 3 is 1.86 bits per heavy atom. The summed E-state index contributed by atoms with van der Waals surface area (Å²) in [7, 11) is 0. The Hall–Kier alpha value is -2.32. The van der Waals surface area contributed by atoms with Crippen LogP contribution in [0.4, 0.5) is 35.1 Å². The van der Waals surface area contributed by atoms with Crippen molar-refractivity contribution in [2.24, 2.45) is 17.8 Å². The summed E-state index contributed by atoms with van der Waals surface area (Å²) in [6, 6.07) is 1.79. The minimum Gasteiger partial charge on any atom is -0.403 e. The zero-order valence-corrected chi connectivity index (χ0v) is 24.6. The Kier molecular flexibility index (Phi) is 9.96.